The van der Waals surface area contributed by atoms with E-state index in [9.17, 15) is 10.2 Å². The van der Waals surface area contributed by atoms with Gasteiger partial charge in [-0.3, -0.25) is 0 Å². The summed E-state index contributed by atoms with van der Waals surface area (Å²) in [6, 6.07) is 7.22. The maximum absolute atomic E-state index is 10.1. The molecule has 0 aliphatic carbocycles. The smallest absolute Gasteiger partial charge is 0.129 e. The molecule has 0 unspecified atom stereocenters. The van der Waals surface area contributed by atoms with E-state index in [-0.39, 0.29) is 5.75 Å². The van der Waals surface area contributed by atoms with E-state index in [1.54, 1.807) is 12.1 Å². The summed E-state index contributed by atoms with van der Waals surface area (Å²) in [6.45, 7) is 3.96. The van der Waals surface area contributed by atoms with Gasteiger partial charge >= 0.3 is 0 Å². The molecule has 2 nitrogen and oxygen atoms in total. The monoisotopic (exact) mass is 226 g/mol. The summed E-state index contributed by atoms with van der Waals surface area (Å²) >= 11 is 1.50. The average Bonchev–Trinajstić information content (AvgIpc) is 2.28. The van der Waals surface area contributed by atoms with Crippen molar-refractivity contribution in [2.24, 2.45) is 0 Å². The van der Waals surface area contributed by atoms with Crippen molar-refractivity contribution in [1.29, 1.82) is 0 Å². The number of aliphatic hydroxyl groups is 1. The van der Waals surface area contributed by atoms with Crippen LogP contribution < -0.4 is 0 Å². The number of aromatic hydroxyl groups is 1. The zero-order chi connectivity index (χ0) is 11.3. The first-order valence-corrected chi connectivity index (χ1v) is 6.23. The molecule has 0 bridgehead atoms. The van der Waals surface area contributed by atoms with E-state index in [0.29, 0.717) is 5.75 Å². The fourth-order valence-corrected chi connectivity index (χ4v) is 2.47. The summed E-state index contributed by atoms with van der Waals surface area (Å²) < 4.78 is 0. The van der Waals surface area contributed by atoms with Gasteiger partial charge in [0.25, 0.3) is 0 Å². The Labute approximate surface area is 95.3 Å². The van der Waals surface area contributed by atoms with Crippen LogP contribution in [0.2, 0.25) is 0 Å². The Morgan fingerprint density at radius 2 is 1.80 bits per heavy atom. The number of benzene rings is 1. The summed E-state index contributed by atoms with van der Waals surface area (Å²) in [5.74, 6) is 0.912. The third-order valence-electron chi connectivity index (χ3n) is 2.68. The van der Waals surface area contributed by atoms with Crippen molar-refractivity contribution >= 4 is 11.8 Å². The van der Waals surface area contributed by atoms with Crippen molar-refractivity contribution in [2.45, 2.75) is 37.2 Å². The van der Waals surface area contributed by atoms with Gasteiger partial charge in [0.1, 0.15) is 5.75 Å². The van der Waals surface area contributed by atoms with Crippen LogP contribution in [-0.2, 0) is 0 Å². The summed E-state index contributed by atoms with van der Waals surface area (Å²) in [7, 11) is 0. The molecule has 0 aromatic heterocycles. The lowest BCUT2D eigenvalue weighted by Gasteiger charge is -2.24. The van der Waals surface area contributed by atoms with Gasteiger partial charge in [0.05, 0.1) is 5.60 Å². The van der Waals surface area contributed by atoms with Gasteiger partial charge in [-0.25, -0.2) is 0 Å². The fraction of sp³-hybridized carbons (Fsp3) is 0.500. The second-order valence-corrected chi connectivity index (χ2v) is 4.71. The van der Waals surface area contributed by atoms with Crippen molar-refractivity contribution in [3.63, 3.8) is 0 Å². The highest BCUT2D eigenvalue weighted by Gasteiger charge is 2.22. The molecular formula is C12H18O2S. The lowest BCUT2D eigenvalue weighted by atomic mass is 10.0. The van der Waals surface area contributed by atoms with Gasteiger partial charge in [0.15, 0.2) is 0 Å². The van der Waals surface area contributed by atoms with Gasteiger partial charge in [0.2, 0.25) is 0 Å². The molecule has 0 radical (unpaired) electrons. The Balaban J connectivity index is 2.61. The van der Waals surface area contributed by atoms with Gasteiger partial charge in [0, 0.05) is 10.6 Å². The predicted molar refractivity (Wildman–Crippen MR) is 64.4 cm³/mol. The van der Waals surface area contributed by atoms with Crippen molar-refractivity contribution < 1.29 is 10.2 Å². The Hall–Kier alpha value is -0.670. The van der Waals surface area contributed by atoms with E-state index >= 15 is 0 Å². The van der Waals surface area contributed by atoms with Crippen molar-refractivity contribution in [1.82, 2.24) is 0 Å². The van der Waals surface area contributed by atoms with Crippen LogP contribution in [0.15, 0.2) is 29.2 Å². The molecule has 84 valence electrons. The van der Waals surface area contributed by atoms with Crippen molar-refractivity contribution in [3.8, 4) is 5.75 Å². The minimum atomic E-state index is -0.618. The normalized spacial score (nSPS) is 11.7. The lowest BCUT2D eigenvalue weighted by Crippen LogP contribution is -2.29. The largest absolute Gasteiger partial charge is 0.507 e. The van der Waals surface area contributed by atoms with E-state index in [1.807, 2.05) is 26.0 Å². The molecule has 0 fully saturated rings. The Bertz CT molecular complexity index is 308. The molecule has 3 heteroatoms. The SMILES string of the molecule is CCC(O)(CC)CSc1ccccc1O. The number of hydrogen-bond donors (Lipinski definition) is 2. The van der Waals surface area contributed by atoms with E-state index in [4.69, 9.17) is 0 Å². The first kappa shape index (κ1) is 12.4. The number of rotatable bonds is 5. The molecule has 1 aromatic carbocycles. The number of para-hydroxylation sites is 1. The summed E-state index contributed by atoms with van der Waals surface area (Å²) in [5.41, 5.74) is -0.618. The summed E-state index contributed by atoms with van der Waals surface area (Å²) in [4.78, 5) is 0.831. The van der Waals surface area contributed by atoms with Crippen molar-refractivity contribution in [2.75, 3.05) is 5.75 Å². The van der Waals surface area contributed by atoms with E-state index in [0.717, 1.165) is 17.7 Å². The molecule has 0 aliphatic heterocycles. The molecule has 0 saturated carbocycles. The van der Waals surface area contributed by atoms with E-state index < -0.39 is 5.60 Å². The van der Waals surface area contributed by atoms with Crippen LogP contribution >= 0.6 is 11.8 Å². The molecular weight excluding hydrogens is 208 g/mol. The molecule has 0 saturated heterocycles. The van der Waals surface area contributed by atoms with Crippen LogP contribution in [0.3, 0.4) is 0 Å². The first-order valence-electron chi connectivity index (χ1n) is 5.24. The minimum absolute atomic E-state index is 0.289. The van der Waals surface area contributed by atoms with Gasteiger partial charge in [-0.2, -0.15) is 0 Å². The third kappa shape index (κ3) is 3.43. The van der Waals surface area contributed by atoms with E-state index in [2.05, 4.69) is 0 Å². The van der Waals surface area contributed by atoms with Crippen LogP contribution in [0.1, 0.15) is 26.7 Å². The lowest BCUT2D eigenvalue weighted by molar-refractivity contribution is 0.0572. The van der Waals surface area contributed by atoms with Crippen LogP contribution in [-0.4, -0.2) is 21.6 Å². The molecule has 2 N–H and O–H groups in total. The fourth-order valence-electron chi connectivity index (χ4n) is 1.25. The summed E-state index contributed by atoms with van der Waals surface area (Å²) in [6.07, 6.45) is 1.48. The minimum Gasteiger partial charge on any atom is -0.507 e. The third-order valence-corrected chi connectivity index (χ3v) is 4.02. The maximum Gasteiger partial charge on any atom is 0.129 e. The predicted octanol–water partition coefficient (Wildman–Crippen LogP) is 3.04. The zero-order valence-corrected chi connectivity index (χ0v) is 10.0. The van der Waals surface area contributed by atoms with Crippen molar-refractivity contribution in [3.05, 3.63) is 24.3 Å². The van der Waals surface area contributed by atoms with Crippen LogP contribution in [0.25, 0.3) is 0 Å². The molecule has 1 rings (SSSR count). The van der Waals surface area contributed by atoms with Gasteiger partial charge < -0.3 is 10.2 Å². The highest BCUT2D eigenvalue weighted by Crippen LogP contribution is 2.32. The molecule has 0 heterocycles. The van der Waals surface area contributed by atoms with Crippen LogP contribution in [0.5, 0.6) is 5.75 Å². The van der Waals surface area contributed by atoms with E-state index in [1.165, 1.54) is 11.8 Å². The second-order valence-electron chi connectivity index (χ2n) is 3.69. The van der Waals surface area contributed by atoms with Gasteiger partial charge in [-0.15, -0.1) is 11.8 Å². The average molecular weight is 226 g/mol. The first-order chi connectivity index (χ1) is 7.11. The Morgan fingerprint density at radius 1 is 1.20 bits per heavy atom. The second kappa shape index (κ2) is 5.42. The highest BCUT2D eigenvalue weighted by molar-refractivity contribution is 7.99. The number of thioether (sulfide) groups is 1. The highest BCUT2D eigenvalue weighted by atomic mass is 32.2. The maximum atomic E-state index is 10.1. The zero-order valence-electron chi connectivity index (χ0n) is 9.23. The molecule has 15 heavy (non-hydrogen) atoms. The Morgan fingerprint density at radius 3 is 2.33 bits per heavy atom. The molecule has 1 aromatic rings. The molecule has 0 atom stereocenters. The quantitative estimate of drug-likeness (QED) is 0.758. The topological polar surface area (TPSA) is 40.5 Å². The van der Waals surface area contributed by atoms with Gasteiger partial charge in [-0.05, 0) is 25.0 Å². The standard InChI is InChI=1S/C12H18O2S/c1-3-12(14,4-2)9-15-11-8-6-5-7-10(11)13/h5-8,13-14H,3-4,9H2,1-2H3. The molecule has 0 spiro atoms. The molecule has 0 aliphatic rings. The molecule has 0 amide bonds. The van der Waals surface area contributed by atoms with Gasteiger partial charge in [-0.1, -0.05) is 26.0 Å². The van der Waals surface area contributed by atoms with Crippen LogP contribution in [0.4, 0.5) is 0 Å². The number of hydrogen-bond acceptors (Lipinski definition) is 3. The van der Waals surface area contributed by atoms with Crippen LogP contribution in [0, 0.1) is 0 Å². The number of phenols is 1. The number of phenolic OH excluding ortho intramolecular Hbond substituents is 1. The Kier molecular flexibility index (Phi) is 4.48. The summed E-state index contributed by atoms with van der Waals surface area (Å²) in [5, 5.41) is 19.6.